The Hall–Kier alpha value is -1.04. The average Bonchev–Trinajstić information content (AvgIpc) is 2.13. The highest BCUT2D eigenvalue weighted by molar-refractivity contribution is 6.69. The van der Waals surface area contributed by atoms with E-state index in [9.17, 15) is 0 Å². The van der Waals surface area contributed by atoms with Crippen LogP contribution in [0.4, 0.5) is 0 Å². The summed E-state index contributed by atoms with van der Waals surface area (Å²) in [4.78, 5) is 0. The number of hydrogen-bond acceptors (Lipinski definition) is 1. The molecule has 0 amide bonds. The maximum absolute atomic E-state index is 6.01. The average molecular weight is 232 g/mol. The molecule has 0 spiro atoms. The van der Waals surface area contributed by atoms with Gasteiger partial charge in [0, 0.05) is 5.56 Å². The molecule has 1 nitrogen and oxygen atoms in total. The molecular weight excluding hydrogens is 212 g/mol. The minimum Gasteiger partial charge on any atom is -0.402 e. The van der Waals surface area contributed by atoms with Gasteiger partial charge in [-0.2, -0.15) is 0 Å². The Morgan fingerprint density at radius 1 is 1.06 bits per heavy atom. The summed E-state index contributed by atoms with van der Waals surface area (Å²) >= 11 is 0. The van der Waals surface area contributed by atoms with Gasteiger partial charge in [0.1, 0.15) is 5.60 Å². The van der Waals surface area contributed by atoms with Crippen LogP contribution >= 0.6 is 0 Å². The van der Waals surface area contributed by atoms with Gasteiger partial charge in [-0.15, -0.1) is 0 Å². The lowest BCUT2D eigenvalue weighted by molar-refractivity contribution is 0.164. The molecule has 0 aliphatic rings. The molecule has 0 unspecified atom stereocenters. The maximum atomic E-state index is 6.01. The van der Waals surface area contributed by atoms with E-state index in [4.69, 9.17) is 4.43 Å². The van der Waals surface area contributed by atoms with Crippen LogP contribution in [-0.2, 0) is 4.43 Å². The first-order chi connectivity index (χ1) is 7.29. The van der Waals surface area contributed by atoms with Gasteiger partial charge in [-0.3, -0.25) is 0 Å². The molecule has 0 saturated heterocycles. The molecule has 0 bridgehead atoms. The van der Waals surface area contributed by atoms with Crippen molar-refractivity contribution >= 4 is 8.32 Å². The predicted molar refractivity (Wildman–Crippen MR) is 71.8 cm³/mol. The van der Waals surface area contributed by atoms with Crippen LogP contribution in [0.25, 0.3) is 0 Å². The van der Waals surface area contributed by atoms with Gasteiger partial charge in [0.15, 0.2) is 8.32 Å². The zero-order chi connectivity index (χ0) is 12.2. The summed E-state index contributed by atoms with van der Waals surface area (Å²) in [5.74, 6) is 6.35. The molecule has 0 aromatic heterocycles. The second-order valence-electron chi connectivity index (χ2n) is 5.34. The van der Waals surface area contributed by atoms with E-state index >= 15 is 0 Å². The summed E-state index contributed by atoms with van der Waals surface area (Å²) in [6.07, 6.45) is 0. The molecule has 2 heteroatoms. The second-order valence-corrected chi connectivity index (χ2v) is 9.77. The molecule has 16 heavy (non-hydrogen) atoms. The van der Waals surface area contributed by atoms with Gasteiger partial charge in [0.2, 0.25) is 0 Å². The van der Waals surface area contributed by atoms with E-state index in [0.29, 0.717) is 0 Å². The first-order valence-corrected chi connectivity index (χ1v) is 8.98. The van der Waals surface area contributed by atoms with Crippen LogP contribution in [0.15, 0.2) is 30.3 Å². The third-order valence-corrected chi connectivity index (χ3v) is 2.97. The van der Waals surface area contributed by atoms with Gasteiger partial charge < -0.3 is 4.43 Å². The topological polar surface area (TPSA) is 9.23 Å². The third kappa shape index (κ3) is 5.15. The predicted octanol–water partition coefficient (Wildman–Crippen LogP) is 3.67. The molecule has 1 rings (SSSR count). The van der Waals surface area contributed by atoms with Crippen molar-refractivity contribution in [3.8, 4) is 11.8 Å². The van der Waals surface area contributed by atoms with Gasteiger partial charge in [0.05, 0.1) is 0 Å². The smallest absolute Gasteiger partial charge is 0.185 e. The molecule has 86 valence electrons. The molecular formula is C14H20OSi. The van der Waals surface area contributed by atoms with Crippen molar-refractivity contribution in [1.82, 2.24) is 0 Å². The zero-order valence-corrected chi connectivity index (χ0v) is 11.8. The van der Waals surface area contributed by atoms with Crippen LogP contribution in [0.2, 0.25) is 19.6 Å². The van der Waals surface area contributed by atoms with Crippen LogP contribution in [0.3, 0.4) is 0 Å². The Labute approximate surface area is 100.0 Å². The van der Waals surface area contributed by atoms with E-state index in [1.165, 1.54) is 0 Å². The molecule has 0 aliphatic heterocycles. The van der Waals surface area contributed by atoms with Gasteiger partial charge >= 0.3 is 0 Å². The van der Waals surface area contributed by atoms with Gasteiger partial charge in [-0.1, -0.05) is 30.0 Å². The Morgan fingerprint density at radius 3 is 2.12 bits per heavy atom. The van der Waals surface area contributed by atoms with E-state index < -0.39 is 8.32 Å². The van der Waals surface area contributed by atoms with Crippen LogP contribution in [-0.4, -0.2) is 13.9 Å². The zero-order valence-electron chi connectivity index (χ0n) is 10.8. The molecule has 1 aromatic rings. The standard InChI is InChI=1S/C14H20OSi/c1-14(2,15-16(3,4)5)12-11-13-9-7-6-8-10-13/h6-10H,1-5H3. The molecule has 0 atom stereocenters. The highest BCUT2D eigenvalue weighted by Gasteiger charge is 2.25. The van der Waals surface area contributed by atoms with E-state index in [1.807, 2.05) is 44.2 Å². The number of rotatable bonds is 2. The monoisotopic (exact) mass is 232 g/mol. The van der Waals surface area contributed by atoms with Crippen molar-refractivity contribution in [3.63, 3.8) is 0 Å². The molecule has 0 fully saturated rings. The molecule has 0 aliphatic carbocycles. The summed E-state index contributed by atoms with van der Waals surface area (Å²) in [5, 5.41) is 0. The van der Waals surface area contributed by atoms with Crippen LogP contribution in [0.1, 0.15) is 19.4 Å². The lowest BCUT2D eigenvalue weighted by atomic mass is 10.1. The molecule has 0 saturated carbocycles. The third-order valence-electron chi connectivity index (χ3n) is 1.84. The Bertz CT molecular complexity index is 390. The number of hydrogen-bond donors (Lipinski definition) is 0. The van der Waals surface area contributed by atoms with Gasteiger partial charge in [0.25, 0.3) is 0 Å². The Morgan fingerprint density at radius 2 is 1.62 bits per heavy atom. The van der Waals surface area contributed by atoms with Crippen molar-refractivity contribution in [3.05, 3.63) is 35.9 Å². The minimum absolute atomic E-state index is 0.361. The first kappa shape index (κ1) is 13.0. The summed E-state index contributed by atoms with van der Waals surface area (Å²) in [6.45, 7) is 10.6. The van der Waals surface area contributed by atoms with Gasteiger partial charge in [-0.25, -0.2) is 0 Å². The SMILES string of the molecule is CC(C)(C#Cc1ccccc1)O[Si](C)(C)C. The summed E-state index contributed by atoms with van der Waals surface area (Å²) in [7, 11) is -1.53. The first-order valence-electron chi connectivity index (χ1n) is 5.57. The lowest BCUT2D eigenvalue weighted by Crippen LogP contribution is -2.37. The lowest BCUT2D eigenvalue weighted by Gasteiger charge is -2.28. The Balaban J connectivity index is 2.77. The molecule has 0 N–H and O–H groups in total. The summed E-state index contributed by atoms with van der Waals surface area (Å²) in [5.41, 5.74) is 0.676. The highest BCUT2D eigenvalue weighted by atomic mass is 28.4. The van der Waals surface area contributed by atoms with E-state index in [1.54, 1.807) is 0 Å². The summed E-state index contributed by atoms with van der Waals surface area (Å²) < 4.78 is 6.01. The van der Waals surface area contributed by atoms with E-state index in [-0.39, 0.29) is 5.60 Å². The van der Waals surface area contributed by atoms with Crippen molar-refractivity contribution in [2.75, 3.05) is 0 Å². The molecule has 1 aromatic carbocycles. The van der Waals surface area contributed by atoms with E-state index in [0.717, 1.165) is 5.56 Å². The fourth-order valence-corrected chi connectivity index (χ4v) is 3.12. The molecule has 0 heterocycles. The van der Waals surface area contributed by atoms with Crippen LogP contribution < -0.4 is 0 Å². The van der Waals surface area contributed by atoms with Crippen molar-refractivity contribution in [1.29, 1.82) is 0 Å². The quantitative estimate of drug-likeness (QED) is 0.558. The van der Waals surface area contributed by atoms with Gasteiger partial charge in [-0.05, 0) is 45.6 Å². The van der Waals surface area contributed by atoms with Crippen molar-refractivity contribution in [2.24, 2.45) is 0 Å². The minimum atomic E-state index is -1.53. The fourth-order valence-electron chi connectivity index (χ4n) is 1.54. The largest absolute Gasteiger partial charge is 0.402 e. The van der Waals surface area contributed by atoms with Crippen molar-refractivity contribution in [2.45, 2.75) is 39.1 Å². The second kappa shape index (κ2) is 4.86. The fraction of sp³-hybridized carbons (Fsp3) is 0.429. The van der Waals surface area contributed by atoms with Crippen LogP contribution in [0.5, 0.6) is 0 Å². The van der Waals surface area contributed by atoms with E-state index in [2.05, 4.69) is 31.5 Å². The highest BCUT2D eigenvalue weighted by Crippen LogP contribution is 2.16. The normalized spacial score (nSPS) is 11.8. The Kier molecular flexibility index (Phi) is 3.96. The maximum Gasteiger partial charge on any atom is 0.185 e. The summed E-state index contributed by atoms with van der Waals surface area (Å²) in [6, 6.07) is 10.0. The van der Waals surface area contributed by atoms with Crippen molar-refractivity contribution < 1.29 is 4.43 Å². The van der Waals surface area contributed by atoms with Crippen LogP contribution in [0, 0.1) is 11.8 Å². The molecule has 0 radical (unpaired) electrons. The number of benzene rings is 1.